The molecule has 0 aliphatic carbocycles. The summed E-state index contributed by atoms with van der Waals surface area (Å²) in [6, 6.07) is 12.5. The third kappa shape index (κ3) is 6.49. The molecular formula is C19H21F2N3O2S. The van der Waals surface area contributed by atoms with Crippen LogP contribution in [0.3, 0.4) is 0 Å². The molecule has 0 bridgehead atoms. The van der Waals surface area contributed by atoms with Gasteiger partial charge in [0.15, 0.2) is 16.6 Å². The molecule has 0 aromatic heterocycles. The molecule has 27 heavy (non-hydrogen) atoms. The highest BCUT2D eigenvalue weighted by Gasteiger charge is 2.10. The summed E-state index contributed by atoms with van der Waals surface area (Å²) in [6.07, 6.45) is 1.49. The Bertz CT molecular complexity index is 796. The van der Waals surface area contributed by atoms with E-state index in [-0.39, 0.29) is 11.5 Å². The van der Waals surface area contributed by atoms with Crippen molar-refractivity contribution in [1.29, 1.82) is 0 Å². The lowest BCUT2D eigenvalue weighted by atomic mass is 10.0. The van der Waals surface area contributed by atoms with Gasteiger partial charge in [-0.15, -0.1) is 0 Å². The highest BCUT2D eigenvalue weighted by atomic mass is 32.1. The maximum atomic E-state index is 12.3. The van der Waals surface area contributed by atoms with Gasteiger partial charge in [0.2, 0.25) is 0 Å². The predicted molar refractivity (Wildman–Crippen MR) is 107 cm³/mol. The van der Waals surface area contributed by atoms with Gasteiger partial charge in [0.05, 0.1) is 13.3 Å². The summed E-state index contributed by atoms with van der Waals surface area (Å²) >= 11 is 5.19. The van der Waals surface area contributed by atoms with E-state index in [4.69, 9.17) is 17.0 Å². The lowest BCUT2D eigenvalue weighted by molar-refractivity contribution is -0.0512. The summed E-state index contributed by atoms with van der Waals surface area (Å²) in [7, 11) is 1.37. The average molecular weight is 393 g/mol. The summed E-state index contributed by atoms with van der Waals surface area (Å²) in [5.74, 6) is 0.605. The predicted octanol–water partition coefficient (Wildman–Crippen LogP) is 4.74. The van der Waals surface area contributed by atoms with Gasteiger partial charge in [0.25, 0.3) is 0 Å². The molecule has 0 aliphatic rings. The van der Waals surface area contributed by atoms with Gasteiger partial charge in [-0.05, 0) is 59.6 Å². The number of hydrazone groups is 1. The zero-order valence-corrected chi connectivity index (χ0v) is 16.0. The van der Waals surface area contributed by atoms with E-state index in [0.717, 1.165) is 5.69 Å². The van der Waals surface area contributed by atoms with Crippen molar-refractivity contribution >= 4 is 29.2 Å². The van der Waals surface area contributed by atoms with E-state index in [1.54, 1.807) is 6.07 Å². The molecule has 2 N–H and O–H groups in total. The molecule has 0 saturated heterocycles. The first-order valence-corrected chi connectivity index (χ1v) is 8.62. The number of halogens is 2. The van der Waals surface area contributed by atoms with E-state index in [2.05, 4.69) is 34.4 Å². The van der Waals surface area contributed by atoms with Crippen LogP contribution in [0.25, 0.3) is 0 Å². The second-order valence-corrected chi connectivity index (χ2v) is 6.30. The molecule has 0 fully saturated rings. The van der Waals surface area contributed by atoms with Crippen LogP contribution in [0.4, 0.5) is 14.5 Å². The Balaban J connectivity index is 1.93. The van der Waals surface area contributed by atoms with E-state index < -0.39 is 6.61 Å². The molecule has 0 heterocycles. The third-order valence-corrected chi connectivity index (χ3v) is 3.81. The van der Waals surface area contributed by atoms with Crippen molar-refractivity contribution in [3.63, 3.8) is 0 Å². The molecule has 2 aromatic carbocycles. The van der Waals surface area contributed by atoms with Crippen molar-refractivity contribution in [3.05, 3.63) is 53.6 Å². The number of alkyl halides is 2. The van der Waals surface area contributed by atoms with Crippen LogP contribution >= 0.6 is 12.2 Å². The lowest BCUT2D eigenvalue weighted by Crippen LogP contribution is -2.23. The van der Waals surface area contributed by atoms with Gasteiger partial charge in [-0.2, -0.15) is 13.9 Å². The molecule has 0 atom stereocenters. The molecule has 5 nitrogen and oxygen atoms in total. The second-order valence-electron chi connectivity index (χ2n) is 5.89. The summed E-state index contributed by atoms with van der Waals surface area (Å²) in [6.45, 7) is 1.34. The second kappa shape index (κ2) is 9.82. The fraction of sp³-hybridized carbons (Fsp3) is 0.263. The summed E-state index contributed by atoms with van der Waals surface area (Å²) in [5.41, 5.74) is 5.42. The number of benzene rings is 2. The fourth-order valence-electron chi connectivity index (χ4n) is 2.23. The molecule has 8 heteroatoms. The fourth-order valence-corrected chi connectivity index (χ4v) is 2.40. The van der Waals surface area contributed by atoms with E-state index in [9.17, 15) is 8.78 Å². The highest BCUT2D eigenvalue weighted by Crippen LogP contribution is 2.28. The maximum absolute atomic E-state index is 12.3. The number of thiocarbonyl (C=S) groups is 1. The first-order valence-electron chi connectivity index (χ1n) is 8.22. The van der Waals surface area contributed by atoms with Gasteiger partial charge in [-0.1, -0.05) is 26.0 Å². The van der Waals surface area contributed by atoms with Crippen molar-refractivity contribution in [2.75, 3.05) is 12.4 Å². The molecule has 0 unspecified atom stereocenters. The Hall–Kier alpha value is -2.74. The molecule has 2 rings (SSSR count). The van der Waals surface area contributed by atoms with Gasteiger partial charge >= 0.3 is 6.61 Å². The van der Waals surface area contributed by atoms with E-state index >= 15 is 0 Å². The molecule has 0 spiro atoms. The van der Waals surface area contributed by atoms with Crippen LogP contribution in [-0.2, 0) is 0 Å². The SMILES string of the molecule is COc1cc(/C=N\NC(=S)Nc2ccc(C(C)C)cc2)ccc1OC(F)F. The first kappa shape index (κ1) is 20.6. The number of hydrogen-bond donors (Lipinski definition) is 2. The topological polar surface area (TPSA) is 54.9 Å². The normalized spacial score (nSPS) is 11.1. The quantitative estimate of drug-likeness (QED) is 0.404. The molecule has 0 amide bonds. The number of methoxy groups -OCH3 is 1. The van der Waals surface area contributed by atoms with Crippen LogP contribution in [0, 0.1) is 0 Å². The highest BCUT2D eigenvalue weighted by molar-refractivity contribution is 7.80. The van der Waals surface area contributed by atoms with Gasteiger partial charge < -0.3 is 14.8 Å². The minimum atomic E-state index is -2.92. The van der Waals surface area contributed by atoms with E-state index in [1.807, 2.05) is 24.3 Å². The van der Waals surface area contributed by atoms with Crippen LogP contribution in [0.15, 0.2) is 47.6 Å². The minimum Gasteiger partial charge on any atom is -0.493 e. The van der Waals surface area contributed by atoms with Crippen LogP contribution in [0.5, 0.6) is 11.5 Å². The molecule has 0 radical (unpaired) electrons. The Kier molecular flexibility index (Phi) is 7.48. The average Bonchev–Trinajstić information content (AvgIpc) is 2.62. The monoisotopic (exact) mass is 393 g/mol. The van der Waals surface area contributed by atoms with Gasteiger partial charge in [0, 0.05) is 5.69 Å². The Morgan fingerprint density at radius 3 is 2.41 bits per heavy atom. The Morgan fingerprint density at radius 1 is 1.11 bits per heavy atom. The van der Waals surface area contributed by atoms with Gasteiger partial charge in [-0.3, -0.25) is 5.43 Å². The standard InChI is InChI=1S/C19H21F2N3O2S/c1-12(2)14-5-7-15(8-6-14)23-19(27)24-22-11-13-4-9-16(26-18(20)21)17(10-13)25-3/h4-12,18H,1-3H3,(H2,23,24,27)/b22-11-. The van der Waals surface area contributed by atoms with Crippen molar-refractivity contribution in [2.24, 2.45) is 5.10 Å². The number of rotatable bonds is 7. The molecular weight excluding hydrogens is 372 g/mol. The van der Waals surface area contributed by atoms with Crippen LogP contribution in [-0.4, -0.2) is 25.0 Å². The number of nitrogens with zero attached hydrogens (tertiary/aromatic N) is 1. The molecule has 2 aromatic rings. The van der Waals surface area contributed by atoms with Gasteiger partial charge in [0.1, 0.15) is 0 Å². The van der Waals surface area contributed by atoms with Crippen LogP contribution < -0.4 is 20.2 Å². The van der Waals surface area contributed by atoms with E-state index in [0.29, 0.717) is 16.6 Å². The zero-order valence-electron chi connectivity index (χ0n) is 15.2. The third-order valence-electron chi connectivity index (χ3n) is 3.62. The first-order chi connectivity index (χ1) is 12.9. The molecule has 144 valence electrons. The van der Waals surface area contributed by atoms with Crippen molar-refractivity contribution in [1.82, 2.24) is 5.43 Å². The number of ether oxygens (including phenoxy) is 2. The van der Waals surface area contributed by atoms with Crippen LogP contribution in [0.2, 0.25) is 0 Å². The van der Waals surface area contributed by atoms with Crippen LogP contribution in [0.1, 0.15) is 30.9 Å². The smallest absolute Gasteiger partial charge is 0.387 e. The van der Waals surface area contributed by atoms with Crippen molar-refractivity contribution < 1.29 is 18.3 Å². The van der Waals surface area contributed by atoms with Crippen molar-refractivity contribution in [3.8, 4) is 11.5 Å². The maximum Gasteiger partial charge on any atom is 0.387 e. The number of nitrogens with one attached hydrogen (secondary N) is 2. The summed E-state index contributed by atoms with van der Waals surface area (Å²) in [5, 5.41) is 7.38. The largest absolute Gasteiger partial charge is 0.493 e. The Labute approximate surface area is 162 Å². The van der Waals surface area contributed by atoms with E-state index in [1.165, 1.54) is 31.0 Å². The molecule has 0 saturated carbocycles. The zero-order chi connectivity index (χ0) is 19.8. The number of anilines is 1. The lowest BCUT2D eigenvalue weighted by Gasteiger charge is -2.10. The van der Waals surface area contributed by atoms with Gasteiger partial charge in [-0.25, -0.2) is 0 Å². The molecule has 0 aliphatic heterocycles. The number of hydrogen-bond acceptors (Lipinski definition) is 4. The van der Waals surface area contributed by atoms with Crippen molar-refractivity contribution in [2.45, 2.75) is 26.4 Å². The minimum absolute atomic E-state index is 0.0420. The Morgan fingerprint density at radius 2 is 1.81 bits per heavy atom. The summed E-state index contributed by atoms with van der Waals surface area (Å²) < 4.78 is 34.1. The summed E-state index contributed by atoms with van der Waals surface area (Å²) in [4.78, 5) is 0.